The number of amides is 2. The minimum atomic E-state index is -0.370. The van der Waals surface area contributed by atoms with Gasteiger partial charge in [-0.25, -0.2) is 0 Å². The fraction of sp³-hybridized carbons (Fsp3) is 0.786. The lowest BCUT2D eigenvalue weighted by atomic mass is 9.86. The van der Waals surface area contributed by atoms with Crippen molar-refractivity contribution in [2.75, 3.05) is 39.3 Å². The fourth-order valence-corrected chi connectivity index (χ4v) is 3.18. The Morgan fingerprint density at radius 2 is 1.81 bits per heavy atom. The number of carbonyl (C=O) groups is 2. The van der Waals surface area contributed by atoms with E-state index in [0.29, 0.717) is 25.2 Å². The van der Waals surface area contributed by atoms with Gasteiger partial charge in [-0.15, -0.1) is 0 Å². The summed E-state index contributed by atoms with van der Waals surface area (Å²) in [7, 11) is 0. The average Bonchev–Trinajstić information content (AvgIpc) is 2.92. The van der Waals surface area contributed by atoms with E-state index in [1.165, 1.54) is 0 Å². The molecule has 0 saturated carbocycles. The third-order valence-corrected chi connectivity index (χ3v) is 4.61. The molecule has 7 heteroatoms. The van der Waals surface area contributed by atoms with Crippen molar-refractivity contribution >= 4 is 17.5 Å². The Hall–Kier alpha value is -1.63. The number of nitrogens with one attached hydrogen (secondary N) is 1. The van der Waals surface area contributed by atoms with Gasteiger partial charge in [-0.05, 0) is 0 Å². The van der Waals surface area contributed by atoms with Crippen molar-refractivity contribution in [1.29, 1.82) is 0 Å². The molecule has 0 aromatic heterocycles. The number of nitrogens with zero attached hydrogens (tertiary/aromatic N) is 3. The topological polar surface area (TPSA) is 74.2 Å². The van der Waals surface area contributed by atoms with Gasteiger partial charge in [0.25, 0.3) is 5.91 Å². The molecule has 3 aliphatic heterocycles. The average molecular weight is 294 g/mol. The highest BCUT2D eigenvalue weighted by atomic mass is 16.7. The zero-order valence-electron chi connectivity index (χ0n) is 12.4. The number of carbonyl (C=O) groups excluding carboxylic acids is 2. The number of hydrogen-bond acceptors (Lipinski definition) is 5. The summed E-state index contributed by atoms with van der Waals surface area (Å²) in [5.74, 6) is 0.100. The maximum Gasteiger partial charge on any atom is 0.271 e. The van der Waals surface area contributed by atoms with Crippen LogP contribution in [0.1, 0.15) is 26.2 Å². The molecule has 116 valence electrons. The van der Waals surface area contributed by atoms with Crippen molar-refractivity contribution in [3.05, 3.63) is 0 Å². The number of piperazine rings is 1. The van der Waals surface area contributed by atoms with E-state index >= 15 is 0 Å². The van der Waals surface area contributed by atoms with Gasteiger partial charge in [0.05, 0.1) is 0 Å². The smallest absolute Gasteiger partial charge is 0.271 e. The van der Waals surface area contributed by atoms with Crippen molar-refractivity contribution in [3.8, 4) is 0 Å². The van der Waals surface area contributed by atoms with Crippen molar-refractivity contribution < 1.29 is 14.4 Å². The van der Waals surface area contributed by atoms with Crippen LogP contribution in [0.3, 0.4) is 0 Å². The maximum atomic E-state index is 12.4. The second-order valence-electron chi connectivity index (χ2n) is 6.04. The summed E-state index contributed by atoms with van der Waals surface area (Å²) in [6.45, 7) is 6.06. The summed E-state index contributed by atoms with van der Waals surface area (Å²) in [6, 6.07) is 0. The molecule has 0 atom stereocenters. The molecule has 2 amide bonds. The van der Waals surface area contributed by atoms with Gasteiger partial charge < -0.3 is 20.0 Å². The van der Waals surface area contributed by atoms with Crippen LogP contribution in [0, 0.1) is 0 Å². The third kappa shape index (κ3) is 2.88. The largest absolute Gasteiger partial charge is 0.388 e. The molecular weight excluding hydrogens is 272 g/mol. The Morgan fingerprint density at radius 1 is 1.14 bits per heavy atom. The number of likely N-dealkylation sites (tertiary alicyclic amines) is 1. The maximum absolute atomic E-state index is 12.4. The van der Waals surface area contributed by atoms with E-state index < -0.39 is 0 Å². The van der Waals surface area contributed by atoms with Crippen LogP contribution in [0.5, 0.6) is 0 Å². The van der Waals surface area contributed by atoms with E-state index in [4.69, 9.17) is 4.84 Å². The van der Waals surface area contributed by atoms with Crippen LogP contribution in [-0.2, 0) is 14.4 Å². The Bertz CT molecular complexity index is 463. The van der Waals surface area contributed by atoms with Crippen molar-refractivity contribution in [1.82, 2.24) is 15.1 Å². The minimum Gasteiger partial charge on any atom is -0.388 e. The summed E-state index contributed by atoms with van der Waals surface area (Å²) in [6.07, 6.45) is 2.06. The standard InChI is InChI=1S/C14H22N4O3/c1-11(19)17-6-2-14(3-7-17)10-12(16-21-14)13(20)18-8-4-15-5-9-18/h15H,2-10H2,1H3. The van der Waals surface area contributed by atoms with E-state index in [0.717, 1.165) is 39.0 Å². The monoisotopic (exact) mass is 294 g/mol. The van der Waals surface area contributed by atoms with Gasteiger partial charge >= 0.3 is 0 Å². The summed E-state index contributed by atoms with van der Waals surface area (Å²) in [5, 5.41) is 7.29. The third-order valence-electron chi connectivity index (χ3n) is 4.61. The van der Waals surface area contributed by atoms with Gasteiger partial charge in [0, 0.05) is 65.5 Å². The number of rotatable bonds is 1. The SMILES string of the molecule is CC(=O)N1CCC2(CC1)CC(C(=O)N1CCNCC1)=NO2. The molecule has 3 aliphatic rings. The predicted octanol–water partition coefficient (Wildman–Crippen LogP) is -0.424. The Balaban J connectivity index is 1.57. The van der Waals surface area contributed by atoms with E-state index in [-0.39, 0.29) is 17.4 Å². The molecule has 0 unspecified atom stereocenters. The lowest BCUT2D eigenvalue weighted by Gasteiger charge is -2.36. The lowest BCUT2D eigenvalue weighted by Crippen LogP contribution is -2.50. The Labute approximate surface area is 124 Å². The molecule has 2 fully saturated rings. The number of piperidine rings is 1. The molecule has 1 spiro atoms. The molecule has 0 aliphatic carbocycles. The molecule has 7 nitrogen and oxygen atoms in total. The molecule has 2 saturated heterocycles. The first-order valence-electron chi connectivity index (χ1n) is 7.60. The Kier molecular flexibility index (Phi) is 3.84. The first-order chi connectivity index (χ1) is 10.1. The van der Waals surface area contributed by atoms with E-state index in [2.05, 4.69) is 10.5 Å². The van der Waals surface area contributed by atoms with Crippen LogP contribution >= 0.6 is 0 Å². The van der Waals surface area contributed by atoms with E-state index in [1.807, 2.05) is 9.80 Å². The first kappa shape index (κ1) is 14.3. The lowest BCUT2D eigenvalue weighted by molar-refractivity contribution is -0.134. The van der Waals surface area contributed by atoms with Crippen LogP contribution in [-0.4, -0.2) is 72.2 Å². The quantitative estimate of drug-likeness (QED) is 0.712. The second kappa shape index (κ2) is 5.63. The van der Waals surface area contributed by atoms with E-state index in [1.54, 1.807) is 6.92 Å². The van der Waals surface area contributed by atoms with Crippen LogP contribution < -0.4 is 5.32 Å². The van der Waals surface area contributed by atoms with Gasteiger partial charge in [0.1, 0.15) is 11.3 Å². The molecule has 21 heavy (non-hydrogen) atoms. The summed E-state index contributed by atoms with van der Waals surface area (Å²) in [5.41, 5.74) is 0.165. The van der Waals surface area contributed by atoms with Crippen LogP contribution in [0.4, 0.5) is 0 Å². The number of oxime groups is 1. The zero-order valence-corrected chi connectivity index (χ0v) is 12.4. The molecule has 0 radical (unpaired) electrons. The van der Waals surface area contributed by atoms with Gasteiger partial charge in [-0.3, -0.25) is 9.59 Å². The summed E-state index contributed by atoms with van der Waals surface area (Å²) in [4.78, 5) is 33.1. The minimum absolute atomic E-state index is 0.00220. The molecule has 0 bridgehead atoms. The van der Waals surface area contributed by atoms with E-state index in [9.17, 15) is 9.59 Å². The van der Waals surface area contributed by atoms with Crippen molar-refractivity contribution in [2.24, 2.45) is 5.16 Å². The molecule has 1 N–H and O–H groups in total. The summed E-state index contributed by atoms with van der Waals surface area (Å²) >= 11 is 0. The molecule has 0 aromatic rings. The van der Waals surface area contributed by atoms with Crippen LogP contribution in [0.2, 0.25) is 0 Å². The van der Waals surface area contributed by atoms with Gasteiger partial charge in [-0.1, -0.05) is 5.16 Å². The number of hydrogen-bond donors (Lipinski definition) is 1. The molecule has 3 heterocycles. The Morgan fingerprint density at radius 3 is 2.43 bits per heavy atom. The summed E-state index contributed by atoms with van der Waals surface area (Å²) < 4.78 is 0. The fourth-order valence-electron chi connectivity index (χ4n) is 3.18. The van der Waals surface area contributed by atoms with Crippen molar-refractivity contribution in [2.45, 2.75) is 31.8 Å². The molecule has 3 rings (SSSR count). The molecule has 0 aromatic carbocycles. The predicted molar refractivity (Wildman–Crippen MR) is 76.8 cm³/mol. The van der Waals surface area contributed by atoms with Gasteiger partial charge in [-0.2, -0.15) is 0 Å². The first-order valence-corrected chi connectivity index (χ1v) is 7.60. The highest BCUT2D eigenvalue weighted by molar-refractivity contribution is 6.39. The van der Waals surface area contributed by atoms with Crippen molar-refractivity contribution in [3.63, 3.8) is 0 Å². The second-order valence-corrected chi connectivity index (χ2v) is 6.04. The highest BCUT2D eigenvalue weighted by Gasteiger charge is 2.44. The zero-order chi connectivity index (χ0) is 14.9. The van der Waals surface area contributed by atoms with Gasteiger partial charge in [0.15, 0.2) is 0 Å². The van der Waals surface area contributed by atoms with Crippen LogP contribution in [0.25, 0.3) is 0 Å². The van der Waals surface area contributed by atoms with Crippen LogP contribution in [0.15, 0.2) is 5.16 Å². The highest BCUT2D eigenvalue weighted by Crippen LogP contribution is 2.35. The van der Waals surface area contributed by atoms with Gasteiger partial charge in [0.2, 0.25) is 5.91 Å². The normalized spacial score (nSPS) is 24.7. The molecular formula is C14H22N4O3.